The highest BCUT2D eigenvalue weighted by molar-refractivity contribution is 7.99. The van der Waals surface area contributed by atoms with Crippen molar-refractivity contribution in [2.45, 2.75) is 30.5 Å². The SMILES string of the molecule is C[C@](C#N)(NC(=O)CSc1nc2ncc(Cl)cc2[nH]1)C1CC1. The molecular weight excluding hydrogens is 322 g/mol. The first kappa shape index (κ1) is 15.1. The zero-order valence-corrected chi connectivity index (χ0v) is 13.5. The van der Waals surface area contributed by atoms with Gasteiger partial charge in [-0.05, 0) is 31.7 Å². The number of fused-ring (bicyclic) bond motifs is 1. The Hall–Kier alpha value is -1.78. The summed E-state index contributed by atoms with van der Waals surface area (Å²) in [6.45, 7) is 1.78. The van der Waals surface area contributed by atoms with Gasteiger partial charge in [0.25, 0.3) is 0 Å². The maximum atomic E-state index is 12.0. The van der Waals surface area contributed by atoms with Gasteiger partial charge in [0.2, 0.25) is 5.91 Å². The highest BCUT2D eigenvalue weighted by Gasteiger charge is 2.42. The zero-order chi connectivity index (χ0) is 15.7. The summed E-state index contributed by atoms with van der Waals surface area (Å²) in [7, 11) is 0. The van der Waals surface area contributed by atoms with Crippen molar-refractivity contribution in [2.75, 3.05) is 5.75 Å². The summed E-state index contributed by atoms with van der Waals surface area (Å²) in [4.78, 5) is 23.5. The summed E-state index contributed by atoms with van der Waals surface area (Å²) in [5.74, 6) is 0.286. The van der Waals surface area contributed by atoms with E-state index in [4.69, 9.17) is 11.6 Å². The number of hydrogen-bond acceptors (Lipinski definition) is 5. The van der Waals surface area contributed by atoms with E-state index in [0.717, 1.165) is 18.4 Å². The van der Waals surface area contributed by atoms with E-state index in [-0.39, 0.29) is 17.6 Å². The number of rotatable bonds is 5. The summed E-state index contributed by atoms with van der Waals surface area (Å²) >= 11 is 7.14. The number of hydrogen-bond donors (Lipinski definition) is 2. The molecule has 1 aliphatic carbocycles. The van der Waals surface area contributed by atoms with Crippen LogP contribution >= 0.6 is 23.4 Å². The van der Waals surface area contributed by atoms with Gasteiger partial charge in [0.1, 0.15) is 5.54 Å². The van der Waals surface area contributed by atoms with Crippen LogP contribution in [0.15, 0.2) is 17.4 Å². The van der Waals surface area contributed by atoms with Crippen LogP contribution in [0.4, 0.5) is 0 Å². The number of nitrogens with one attached hydrogen (secondary N) is 2. The van der Waals surface area contributed by atoms with Gasteiger partial charge in [-0.25, -0.2) is 9.97 Å². The molecule has 0 bridgehead atoms. The Labute approximate surface area is 136 Å². The second kappa shape index (κ2) is 5.78. The molecule has 0 aliphatic heterocycles. The fraction of sp³-hybridized carbons (Fsp3) is 0.429. The molecule has 0 saturated heterocycles. The van der Waals surface area contributed by atoms with Crippen molar-refractivity contribution in [2.24, 2.45) is 5.92 Å². The number of carbonyl (C=O) groups is 1. The van der Waals surface area contributed by atoms with Crippen molar-refractivity contribution in [1.29, 1.82) is 5.26 Å². The predicted molar refractivity (Wildman–Crippen MR) is 84.5 cm³/mol. The van der Waals surface area contributed by atoms with E-state index in [0.29, 0.717) is 15.8 Å². The lowest BCUT2D eigenvalue weighted by Crippen LogP contribution is -2.47. The van der Waals surface area contributed by atoms with Crippen LogP contribution in [0.25, 0.3) is 11.2 Å². The van der Waals surface area contributed by atoms with Crippen molar-refractivity contribution in [3.05, 3.63) is 17.3 Å². The summed E-state index contributed by atoms with van der Waals surface area (Å²) in [5, 5.41) is 13.2. The monoisotopic (exact) mass is 335 g/mol. The average Bonchev–Trinajstić information content (AvgIpc) is 3.26. The van der Waals surface area contributed by atoms with Crippen LogP contribution in [0.3, 0.4) is 0 Å². The van der Waals surface area contributed by atoms with E-state index in [2.05, 4.69) is 26.3 Å². The quantitative estimate of drug-likeness (QED) is 0.819. The molecule has 1 aliphatic rings. The third kappa shape index (κ3) is 3.18. The maximum Gasteiger partial charge on any atom is 0.231 e. The van der Waals surface area contributed by atoms with E-state index in [1.165, 1.54) is 18.0 Å². The molecule has 3 rings (SSSR count). The normalized spacial score (nSPS) is 17.0. The second-order valence-electron chi connectivity index (χ2n) is 5.49. The molecule has 1 atom stereocenters. The van der Waals surface area contributed by atoms with Crippen molar-refractivity contribution in [3.63, 3.8) is 0 Å². The molecule has 2 heterocycles. The first-order chi connectivity index (χ1) is 10.5. The Morgan fingerprint density at radius 1 is 1.68 bits per heavy atom. The molecule has 1 fully saturated rings. The van der Waals surface area contributed by atoms with Gasteiger partial charge in [0, 0.05) is 6.20 Å². The van der Waals surface area contributed by atoms with Gasteiger partial charge >= 0.3 is 0 Å². The van der Waals surface area contributed by atoms with Crippen LogP contribution in [-0.2, 0) is 4.79 Å². The van der Waals surface area contributed by atoms with Gasteiger partial charge in [-0.1, -0.05) is 23.4 Å². The Bertz CT molecular complexity index is 766. The van der Waals surface area contributed by atoms with Gasteiger partial charge in [0.05, 0.1) is 22.4 Å². The number of nitrogens with zero attached hydrogens (tertiary/aromatic N) is 3. The highest BCUT2D eigenvalue weighted by Crippen LogP contribution is 2.39. The lowest BCUT2D eigenvalue weighted by Gasteiger charge is -2.22. The lowest BCUT2D eigenvalue weighted by atomic mass is 9.98. The van der Waals surface area contributed by atoms with Crippen LogP contribution in [0.2, 0.25) is 5.02 Å². The topological polar surface area (TPSA) is 94.5 Å². The number of imidazole rings is 1. The maximum absolute atomic E-state index is 12.0. The molecule has 2 aromatic heterocycles. The van der Waals surface area contributed by atoms with Gasteiger partial charge in [0.15, 0.2) is 10.8 Å². The fourth-order valence-corrected chi connectivity index (χ4v) is 3.09. The van der Waals surface area contributed by atoms with E-state index in [1.54, 1.807) is 13.0 Å². The van der Waals surface area contributed by atoms with Gasteiger partial charge in [-0.2, -0.15) is 5.26 Å². The third-order valence-electron chi connectivity index (χ3n) is 3.65. The number of amides is 1. The number of aromatic amines is 1. The minimum atomic E-state index is -0.763. The Morgan fingerprint density at radius 3 is 3.14 bits per heavy atom. The third-order valence-corrected chi connectivity index (χ3v) is 4.73. The molecule has 1 amide bonds. The van der Waals surface area contributed by atoms with Crippen LogP contribution in [0.5, 0.6) is 0 Å². The van der Waals surface area contributed by atoms with E-state index >= 15 is 0 Å². The number of halogens is 1. The number of H-pyrrole nitrogens is 1. The minimum Gasteiger partial charge on any atom is -0.337 e. The Kier molecular flexibility index (Phi) is 3.98. The van der Waals surface area contributed by atoms with E-state index in [1.807, 2.05) is 0 Å². The van der Waals surface area contributed by atoms with Crippen molar-refractivity contribution >= 4 is 40.4 Å². The lowest BCUT2D eigenvalue weighted by molar-refractivity contribution is -0.119. The van der Waals surface area contributed by atoms with E-state index in [9.17, 15) is 10.1 Å². The van der Waals surface area contributed by atoms with E-state index < -0.39 is 5.54 Å². The predicted octanol–water partition coefficient (Wildman–Crippen LogP) is 2.51. The average molecular weight is 336 g/mol. The van der Waals surface area contributed by atoms with Crippen LogP contribution < -0.4 is 5.32 Å². The van der Waals surface area contributed by atoms with Gasteiger partial charge < -0.3 is 10.3 Å². The van der Waals surface area contributed by atoms with Crippen LogP contribution in [0, 0.1) is 17.2 Å². The van der Waals surface area contributed by atoms with Gasteiger partial charge in [-0.3, -0.25) is 4.79 Å². The fourth-order valence-electron chi connectivity index (χ4n) is 2.26. The summed E-state index contributed by atoms with van der Waals surface area (Å²) in [6.07, 6.45) is 3.51. The van der Waals surface area contributed by atoms with Crippen LogP contribution in [-0.4, -0.2) is 32.2 Å². The number of nitriles is 1. The number of thioether (sulfide) groups is 1. The smallest absolute Gasteiger partial charge is 0.231 e. The summed E-state index contributed by atoms with van der Waals surface area (Å²) in [5.41, 5.74) is 0.531. The molecule has 114 valence electrons. The minimum absolute atomic E-state index is 0.174. The standard InChI is InChI=1S/C14H14ClN5OS/c1-14(7-16,8-2-3-8)20-11(21)6-22-13-18-10-4-9(15)5-17-12(10)19-13/h4-5,8H,2-3,6H2,1H3,(H,20,21)(H,17,18,19)/t14-/m1/s1. The first-order valence-electron chi connectivity index (χ1n) is 6.86. The molecule has 22 heavy (non-hydrogen) atoms. The largest absolute Gasteiger partial charge is 0.337 e. The number of carbonyl (C=O) groups excluding carboxylic acids is 1. The number of aromatic nitrogens is 3. The van der Waals surface area contributed by atoms with Crippen molar-refractivity contribution in [1.82, 2.24) is 20.3 Å². The van der Waals surface area contributed by atoms with Crippen molar-refractivity contribution in [3.8, 4) is 6.07 Å². The van der Waals surface area contributed by atoms with Crippen LogP contribution in [0.1, 0.15) is 19.8 Å². The number of pyridine rings is 1. The van der Waals surface area contributed by atoms with Crippen molar-refractivity contribution < 1.29 is 4.79 Å². The molecule has 2 N–H and O–H groups in total. The zero-order valence-electron chi connectivity index (χ0n) is 11.9. The molecular formula is C14H14ClN5OS. The molecule has 6 nitrogen and oxygen atoms in total. The molecule has 0 radical (unpaired) electrons. The highest BCUT2D eigenvalue weighted by atomic mass is 35.5. The molecule has 2 aromatic rings. The molecule has 1 saturated carbocycles. The second-order valence-corrected chi connectivity index (χ2v) is 6.89. The molecule has 0 unspecified atom stereocenters. The van der Waals surface area contributed by atoms with Gasteiger partial charge in [-0.15, -0.1) is 0 Å². The summed E-state index contributed by atoms with van der Waals surface area (Å²) in [6, 6.07) is 3.94. The molecule has 0 aromatic carbocycles. The Morgan fingerprint density at radius 2 is 2.45 bits per heavy atom. The molecule has 0 spiro atoms. The summed E-state index contributed by atoms with van der Waals surface area (Å²) < 4.78 is 0. The Balaban J connectivity index is 1.61. The first-order valence-corrected chi connectivity index (χ1v) is 8.23. The molecule has 8 heteroatoms.